The van der Waals surface area contributed by atoms with E-state index in [0.717, 1.165) is 0 Å². The van der Waals surface area contributed by atoms with Gasteiger partial charge in [0.2, 0.25) is 11.7 Å². The number of rotatable bonds is 10. The van der Waals surface area contributed by atoms with Gasteiger partial charge in [0.15, 0.2) is 5.75 Å². The summed E-state index contributed by atoms with van der Waals surface area (Å²) in [7, 11) is 2.90. The number of hydrazone groups is 1. The minimum Gasteiger partial charge on any atom is -0.497 e. The molecule has 0 radical (unpaired) electrons. The van der Waals surface area contributed by atoms with E-state index < -0.39 is 10.8 Å². The van der Waals surface area contributed by atoms with E-state index in [-0.39, 0.29) is 23.6 Å². The number of halogens is 1. The highest BCUT2D eigenvalue weighted by atomic mass is 35.5. The smallest absolute Gasteiger partial charge is 0.315 e. The van der Waals surface area contributed by atoms with E-state index in [2.05, 4.69) is 10.5 Å². The zero-order chi connectivity index (χ0) is 22.1. The second-order valence-corrected chi connectivity index (χ2v) is 6.51. The Labute approximate surface area is 178 Å². The Kier molecular flexibility index (Phi) is 8.42. The number of amides is 1. The van der Waals surface area contributed by atoms with Crippen LogP contribution in [0.4, 0.5) is 5.69 Å². The zero-order valence-corrected chi connectivity index (χ0v) is 17.6. The molecule has 0 aromatic heterocycles. The summed E-state index contributed by atoms with van der Waals surface area (Å²) >= 11 is 6.10. The average molecular weight is 436 g/mol. The normalized spacial score (nSPS) is 10.7. The van der Waals surface area contributed by atoms with E-state index >= 15 is 0 Å². The molecule has 0 fully saturated rings. The van der Waals surface area contributed by atoms with E-state index in [9.17, 15) is 14.9 Å². The van der Waals surface area contributed by atoms with Crippen molar-refractivity contribution in [2.75, 3.05) is 20.8 Å². The number of carbonyl (C=O) groups is 1. The number of hydrogen-bond donors (Lipinski definition) is 1. The molecule has 0 atom stereocenters. The molecule has 0 heterocycles. The minimum atomic E-state index is -0.561. The van der Waals surface area contributed by atoms with Gasteiger partial charge in [0.25, 0.3) is 0 Å². The molecular weight excluding hydrogens is 414 g/mol. The van der Waals surface area contributed by atoms with Crippen molar-refractivity contribution in [2.45, 2.75) is 19.8 Å². The van der Waals surface area contributed by atoms with Crippen molar-refractivity contribution in [3.05, 3.63) is 56.6 Å². The van der Waals surface area contributed by atoms with Crippen LogP contribution in [0.15, 0.2) is 35.4 Å². The van der Waals surface area contributed by atoms with Gasteiger partial charge in [-0.05, 0) is 36.2 Å². The van der Waals surface area contributed by atoms with Crippen LogP contribution in [0.5, 0.6) is 17.2 Å². The van der Waals surface area contributed by atoms with Gasteiger partial charge in [-0.2, -0.15) is 5.10 Å². The topological polar surface area (TPSA) is 112 Å². The highest BCUT2D eigenvalue weighted by molar-refractivity contribution is 6.31. The van der Waals surface area contributed by atoms with Gasteiger partial charge in [0.05, 0.1) is 38.4 Å². The lowest BCUT2D eigenvalue weighted by atomic mass is 10.1. The minimum absolute atomic E-state index is 0.0133. The maximum Gasteiger partial charge on any atom is 0.315 e. The lowest BCUT2D eigenvalue weighted by Gasteiger charge is -2.11. The Balaban J connectivity index is 2.14. The summed E-state index contributed by atoms with van der Waals surface area (Å²) in [5, 5.41) is 15.7. The molecule has 160 valence electrons. The van der Waals surface area contributed by atoms with Gasteiger partial charge < -0.3 is 14.2 Å². The summed E-state index contributed by atoms with van der Waals surface area (Å²) in [5.74, 6) is 0.424. The number of benzene rings is 2. The lowest BCUT2D eigenvalue weighted by Crippen LogP contribution is -2.20. The van der Waals surface area contributed by atoms with Crippen LogP contribution in [0.3, 0.4) is 0 Å². The molecule has 0 aliphatic heterocycles. The number of nitrogens with zero attached hydrogens (tertiary/aromatic N) is 2. The predicted molar refractivity (Wildman–Crippen MR) is 113 cm³/mol. The first kappa shape index (κ1) is 23.0. The quantitative estimate of drug-likeness (QED) is 0.345. The summed E-state index contributed by atoms with van der Waals surface area (Å²) in [6, 6.07) is 7.82. The first-order valence-electron chi connectivity index (χ1n) is 9.03. The molecule has 0 bridgehead atoms. The number of methoxy groups -OCH3 is 2. The van der Waals surface area contributed by atoms with Gasteiger partial charge in [-0.15, -0.1) is 0 Å². The molecule has 0 spiro atoms. The van der Waals surface area contributed by atoms with Crippen molar-refractivity contribution in [2.24, 2.45) is 5.10 Å². The molecule has 1 amide bonds. The van der Waals surface area contributed by atoms with E-state index in [4.69, 9.17) is 25.8 Å². The molecule has 0 unspecified atom stereocenters. The molecule has 2 rings (SSSR count). The zero-order valence-electron chi connectivity index (χ0n) is 16.8. The molecule has 0 saturated carbocycles. The van der Waals surface area contributed by atoms with Crippen LogP contribution >= 0.6 is 11.6 Å². The molecule has 2 aromatic rings. The van der Waals surface area contributed by atoms with Gasteiger partial charge in [0, 0.05) is 16.7 Å². The highest BCUT2D eigenvalue weighted by Gasteiger charge is 2.22. The van der Waals surface area contributed by atoms with Gasteiger partial charge in [-0.3, -0.25) is 14.9 Å². The van der Waals surface area contributed by atoms with Crippen LogP contribution < -0.4 is 19.6 Å². The van der Waals surface area contributed by atoms with Crippen LogP contribution in [0.2, 0.25) is 5.02 Å². The van der Waals surface area contributed by atoms with Crippen molar-refractivity contribution in [3.8, 4) is 17.2 Å². The predicted octanol–water partition coefficient (Wildman–Crippen LogP) is 3.75. The molecule has 0 aliphatic rings. The second-order valence-electron chi connectivity index (χ2n) is 6.10. The van der Waals surface area contributed by atoms with Crippen LogP contribution in [-0.2, 0) is 11.2 Å². The molecule has 1 N–H and O–H groups in total. The van der Waals surface area contributed by atoms with E-state index in [1.165, 1.54) is 32.6 Å². The van der Waals surface area contributed by atoms with Crippen molar-refractivity contribution in [1.29, 1.82) is 0 Å². The summed E-state index contributed by atoms with van der Waals surface area (Å²) < 4.78 is 15.8. The Morgan fingerprint density at radius 2 is 2.03 bits per heavy atom. The fourth-order valence-electron chi connectivity index (χ4n) is 2.52. The number of nitro groups is 1. The molecular formula is C20H22ClN3O6. The third-order valence-corrected chi connectivity index (χ3v) is 4.30. The highest BCUT2D eigenvalue weighted by Crippen LogP contribution is 2.38. The molecule has 2 aromatic carbocycles. The van der Waals surface area contributed by atoms with Crippen molar-refractivity contribution in [1.82, 2.24) is 5.43 Å². The molecule has 0 aliphatic carbocycles. The summed E-state index contributed by atoms with van der Waals surface area (Å²) in [5.41, 5.74) is 3.06. The Bertz CT molecular complexity index is 948. The van der Waals surface area contributed by atoms with Crippen LogP contribution in [0.1, 0.15) is 24.5 Å². The van der Waals surface area contributed by atoms with Gasteiger partial charge in [-0.1, -0.05) is 18.5 Å². The fourth-order valence-corrected chi connectivity index (χ4v) is 2.71. The maximum absolute atomic E-state index is 12.1. The standard InChI is InChI=1S/C20H22ClN3O6/c1-4-7-30-20-17(24(26)27)8-13(9-18(20)29-3)12-22-23-19(25)11-14-10-15(28-2)5-6-16(14)21/h5-6,8-10,12H,4,7,11H2,1-3H3,(H,23,25)/b22-12+. The first-order chi connectivity index (χ1) is 14.4. The van der Waals surface area contributed by atoms with E-state index in [1.807, 2.05) is 6.92 Å². The van der Waals surface area contributed by atoms with Gasteiger partial charge in [-0.25, -0.2) is 5.43 Å². The van der Waals surface area contributed by atoms with Gasteiger partial charge >= 0.3 is 5.69 Å². The van der Waals surface area contributed by atoms with Crippen molar-refractivity contribution in [3.63, 3.8) is 0 Å². The van der Waals surface area contributed by atoms with Crippen LogP contribution in [0, 0.1) is 10.1 Å². The third kappa shape index (κ3) is 6.08. The van der Waals surface area contributed by atoms with Gasteiger partial charge in [0.1, 0.15) is 5.75 Å². The number of nitro benzene ring substituents is 1. The molecule has 0 saturated heterocycles. The average Bonchev–Trinajstić information content (AvgIpc) is 2.73. The SMILES string of the molecule is CCCOc1c(OC)cc(/C=N/NC(=O)Cc2cc(OC)ccc2Cl)cc1[N+](=O)[O-]. The number of nitrogens with one attached hydrogen (secondary N) is 1. The van der Waals surface area contributed by atoms with Crippen molar-refractivity contribution < 1.29 is 23.9 Å². The lowest BCUT2D eigenvalue weighted by molar-refractivity contribution is -0.386. The maximum atomic E-state index is 12.1. The van der Waals surface area contributed by atoms with E-state index in [0.29, 0.717) is 34.9 Å². The third-order valence-electron chi connectivity index (χ3n) is 3.93. The van der Waals surface area contributed by atoms with Crippen molar-refractivity contribution >= 4 is 29.4 Å². The van der Waals surface area contributed by atoms with E-state index in [1.54, 1.807) is 18.2 Å². The molecule has 10 heteroatoms. The monoisotopic (exact) mass is 435 g/mol. The Morgan fingerprint density at radius 3 is 2.67 bits per heavy atom. The Morgan fingerprint density at radius 1 is 1.27 bits per heavy atom. The number of carbonyl (C=O) groups excluding carboxylic acids is 1. The first-order valence-corrected chi connectivity index (χ1v) is 9.40. The summed E-state index contributed by atoms with van der Waals surface area (Å²) in [4.78, 5) is 23.0. The summed E-state index contributed by atoms with van der Waals surface area (Å²) in [6.07, 6.45) is 1.96. The largest absolute Gasteiger partial charge is 0.497 e. The Hall–Kier alpha value is -3.33. The fraction of sp³-hybridized carbons (Fsp3) is 0.300. The molecule has 9 nitrogen and oxygen atoms in total. The molecule has 30 heavy (non-hydrogen) atoms. The summed E-state index contributed by atoms with van der Waals surface area (Å²) in [6.45, 7) is 2.20. The number of hydrogen-bond acceptors (Lipinski definition) is 7. The number of ether oxygens (including phenoxy) is 3. The van der Waals surface area contributed by atoms with Crippen LogP contribution in [0.25, 0.3) is 0 Å². The van der Waals surface area contributed by atoms with Crippen LogP contribution in [-0.4, -0.2) is 37.9 Å². The second kappa shape index (κ2) is 11.0.